The van der Waals surface area contributed by atoms with Crippen molar-refractivity contribution >= 4 is 10.9 Å². The van der Waals surface area contributed by atoms with Crippen LogP contribution >= 0.6 is 0 Å². The van der Waals surface area contributed by atoms with Gasteiger partial charge in [-0.1, -0.05) is 12.1 Å². The average molecular weight is 134 g/mol. The predicted molar refractivity (Wildman–Crippen MR) is 37.1 cm³/mol. The lowest BCUT2D eigenvalue weighted by molar-refractivity contribution is 0.637. The van der Waals surface area contributed by atoms with E-state index in [0.717, 1.165) is 5.52 Å². The van der Waals surface area contributed by atoms with Crippen molar-refractivity contribution in [2.45, 2.75) is 0 Å². The Labute approximate surface area is 57.5 Å². The minimum atomic E-state index is -0.310. The van der Waals surface area contributed by atoms with Gasteiger partial charge < -0.3 is 4.98 Å². The highest BCUT2D eigenvalue weighted by Crippen LogP contribution is 2.14. The van der Waals surface area contributed by atoms with Crippen molar-refractivity contribution in [1.82, 2.24) is 4.98 Å². The van der Waals surface area contributed by atoms with Crippen molar-refractivity contribution in [1.29, 1.82) is 0 Å². The number of fused-ring (bicyclic) bond motifs is 1. The van der Waals surface area contributed by atoms with Gasteiger partial charge in [0.25, 0.3) is 0 Å². The largest absolute Gasteiger partial charge is 0.351 e. The van der Waals surface area contributed by atoms with Crippen molar-refractivity contribution in [2.75, 3.05) is 0 Å². The summed E-state index contributed by atoms with van der Waals surface area (Å²) >= 11 is 0. The van der Waals surface area contributed by atoms with Gasteiger partial charge in [-0.05, 0) is 12.1 Å². The summed E-state index contributed by atoms with van der Waals surface area (Å²) in [6.07, 6.45) is 2.38. The third-order valence-electron chi connectivity index (χ3n) is 1.47. The zero-order chi connectivity index (χ0) is 6.97. The van der Waals surface area contributed by atoms with E-state index in [4.69, 9.17) is 0 Å². The van der Waals surface area contributed by atoms with Gasteiger partial charge in [-0.2, -0.15) is 0 Å². The van der Waals surface area contributed by atoms with Crippen molar-refractivity contribution in [3.05, 3.63) is 36.3 Å². The molecule has 0 spiro atoms. The molecule has 1 N–H and O–H groups in total. The second kappa shape index (κ2) is 1.84. The number of aromatic amines is 1. The van der Waals surface area contributed by atoms with E-state index in [1.54, 1.807) is 12.1 Å². The fourth-order valence-electron chi connectivity index (χ4n) is 0.973. The summed E-state index contributed by atoms with van der Waals surface area (Å²) in [6.45, 7) is 0. The van der Waals surface area contributed by atoms with E-state index in [1.165, 1.54) is 0 Å². The number of hydrogen-bond donors (Lipinski definition) is 1. The second-order valence-electron chi connectivity index (χ2n) is 2.11. The van der Waals surface area contributed by atoms with E-state index in [0.29, 0.717) is 5.39 Å². The van der Waals surface area contributed by atoms with Crippen LogP contribution < -0.4 is 0 Å². The van der Waals surface area contributed by atoms with E-state index < -0.39 is 0 Å². The number of hydrogen-bond acceptors (Lipinski definition) is 0. The molecule has 2 rings (SSSR count). The Kier molecular flexibility index (Phi) is 1.01. The lowest BCUT2D eigenvalue weighted by Gasteiger charge is -1.84. The monoisotopic (exact) mass is 134 g/mol. The minimum absolute atomic E-state index is 0.310. The third-order valence-corrected chi connectivity index (χ3v) is 1.47. The van der Waals surface area contributed by atoms with Gasteiger partial charge in [0.1, 0.15) is 6.20 Å². The normalized spacial score (nSPS) is 10.5. The van der Waals surface area contributed by atoms with Crippen molar-refractivity contribution in [2.24, 2.45) is 0 Å². The molecule has 0 aliphatic carbocycles. The Morgan fingerprint density at radius 3 is 2.90 bits per heavy atom. The summed E-state index contributed by atoms with van der Waals surface area (Å²) in [5.41, 5.74) is 0.792. The Bertz CT molecular complexity index is 351. The molecule has 1 nitrogen and oxygen atoms in total. The summed E-state index contributed by atoms with van der Waals surface area (Å²) in [7, 11) is 0. The van der Waals surface area contributed by atoms with Crippen LogP contribution in [0.1, 0.15) is 0 Å². The van der Waals surface area contributed by atoms with Gasteiger partial charge in [-0.25, -0.2) is 4.39 Å². The number of H-pyrrole nitrogens is 1. The van der Waals surface area contributed by atoms with Gasteiger partial charge in [-0.3, -0.25) is 0 Å². The summed E-state index contributed by atoms with van der Waals surface area (Å²) in [5, 5.41) is 0.600. The molecule has 0 amide bonds. The lowest BCUT2D eigenvalue weighted by Crippen LogP contribution is -1.65. The SMILES string of the molecule is Fc1[c][nH]c2ccccc12. The number of benzene rings is 1. The molecule has 1 heterocycles. The van der Waals surface area contributed by atoms with Crippen LogP contribution in [-0.2, 0) is 0 Å². The number of rotatable bonds is 0. The van der Waals surface area contributed by atoms with Crippen molar-refractivity contribution in [3.8, 4) is 0 Å². The fraction of sp³-hybridized carbons (Fsp3) is 0. The third kappa shape index (κ3) is 0.620. The van der Waals surface area contributed by atoms with Crippen LogP contribution in [0.15, 0.2) is 24.3 Å². The van der Waals surface area contributed by atoms with Crippen LogP contribution in [0.2, 0.25) is 0 Å². The molecule has 0 unspecified atom stereocenters. The molecule has 0 saturated heterocycles. The van der Waals surface area contributed by atoms with Crippen LogP contribution in [0.25, 0.3) is 10.9 Å². The zero-order valence-corrected chi connectivity index (χ0v) is 5.19. The molecular formula is C8H5FN. The minimum Gasteiger partial charge on any atom is -0.351 e. The zero-order valence-electron chi connectivity index (χ0n) is 5.19. The first kappa shape index (κ1) is 5.47. The molecule has 0 fully saturated rings. The molecule has 0 aliphatic rings. The van der Waals surface area contributed by atoms with E-state index >= 15 is 0 Å². The van der Waals surface area contributed by atoms with E-state index in [9.17, 15) is 4.39 Å². The highest BCUT2D eigenvalue weighted by Gasteiger charge is 1.99. The molecule has 1 radical (unpaired) electrons. The highest BCUT2D eigenvalue weighted by molar-refractivity contribution is 5.79. The number of halogens is 1. The first-order valence-corrected chi connectivity index (χ1v) is 3.02. The molecule has 0 saturated carbocycles. The molecule has 2 heteroatoms. The summed E-state index contributed by atoms with van der Waals surface area (Å²) in [6, 6.07) is 7.19. The van der Waals surface area contributed by atoms with Gasteiger partial charge in [0, 0.05) is 10.9 Å². The summed E-state index contributed by atoms with van der Waals surface area (Å²) in [5.74, 6) is -0.310. The maximum Gasteiger partial charge on any atom is 0.158 e. The van der Waals surface area contributed by atoms with Gasteiger partial charge >= 0.3 is 0 Å². The van der Waals surface area contributed by atoms with Gasteiger partial charge in [-0.15, -0.1) is 0 Å². The highest BCUT2D eigenvalue weighted by atomic mass is 19.1. The van der Waals surface area contributed by atoms with Crippen molar-refractivity contribution < 1.29 is 4.39 Å². The molecule has 49 valence electrons. The second-order valence-corrected chi connectivity index (χ2v) is 2.11. The summed E-state index contributed by atoms with van der Waals surface area (Å²) in [4.78, 5) is 2.69. The smallest absolute Gasteiger partial charge is 0.158 e. The van der Waals surface area contributed by atoms with Gasteiger partial charge in [0.2, 0.25) is 0 Å². The molecule has 1 aromatic heterocycles. The Hall–Kier alpha value is -1.31. The van der Waals surface area contributed by atoms with Crippen LogP contribution in [0.5, 0.6) is 0 Å². The van der Waals surface area contributed by atoms with E-state index in [2.05, 4.69) is 11.2 Å². The molecule has 0 bridgehead atoms. The van der Waals surface area contributed by atoms with Gasteiger partial charge in [0.05, 0.1) is 0 Å². The Morgan fingerprint density at radius 1 is 1.30 bits per heavy atom. The average Bonchev–Trinajstić information content (AvgIpc) is 2.34. The standard InChI is InChI=1S/C8H5FN/c9-7-5-10-8-4-2-1-3-6(7)8/h1-4,10H. The van der Waals surface area contributed by atoms with Gasteiger partial charge in [0.15, 0.2) is 5.82 Å². The van der Waals surface area contributed by atoms with Crippen LogP contribution in [0.4, 0.5) is 4.39 Å². The fourth-order valence-corrected chi connectivity index (χ4v) is 0.973. The predicted octanol–water partition coefficient (Wildman–Crippen LogP) is 2.11. The maximum atomic E-state index is 12.7. The Balaban J connectivity index is 2.93. The quantitative estimate of drug-likeness (QED) is 0.568. The molecule has 1 aromatic carbocycles. The lowest BCUT2D eigenvalue weighted by atomic mass is 10.2. The van der Waals surface area contributed by atoms with Crippen LogP contribution in [-0.4, -0.2) is 4.98 Å². The first-order valence-electron chi connectivity index (χ1n) is 3.02. The summed E-state index contributed by atoms with van der Waals surface area (Å²) < 4.78 is 12.7. The van der Waals surface area contributed by atoms with Crippen LogP contribution in [0, 0.1) is 12.0 Å². The number of aromatic nitrogens is 1. The first-order chi connectivity index (χ1) is 4.88. The number of para-hydroxylation sites is 1. The maximum absolute atomic E-state index is 12.7. The molecule has 0 atom stereocenters. The Morgan fingerprint density at radius 2 is 2.10 bits per heavy atom. The molecule has 2 aromatic rings. The van der Waals surface area contributed by atoms with E-state index in [-0.39, 0.29) is 5.82 Å². The van der Waals surface area contributed by atoms with Crippen molar-refractivity contribution in [3.63, 3.8) is 0 Å². The molecule has 10 heavy (non-hydrogen) atoms. The molecule has 0 aliphatic heterocycles. The van der Waals surface area contributed by atoms with E-state index in [1.807, 2.05) is 12.1 Å². The molecular weight excluding hydrogens is 129 g/mol. The van der Waals surface area contributed by atoms with Crippen LogP contribution in [0.3, 0.4) is 0 Å². The number of nitrogens with one attached hydrogen (secondary N) is 1. The topological polar surface area (TPSA) is 15.8 Å².